The molecule has 0 aromatic carbocycles. The summed E-state index contributed by atoms with van der Waals surface area (Å²) in [6.45, 7) is 0. The van der Waals surface area contributed by atoms with Gasteiger partial charge in [0.1, 0.15) is 0 Å². The number of nitrogens with two attached hydrogens (primary N) is 1. The fourth-order valence-corrected chi connectivity index (χ4v) is 0. The van der Waals surface area contributed by atoms with E-state index in [-0.39, 0.29) is 18.6 Å². The van der Waals surface area contributed by atoms with Crippen molar-refractivity contribution in [2.24, 2.45) is 0 Å². The summed E-state index contributed by atoms with van der Waals surface area (Å²) in [6.07, 6.45) is 0. The lowest BCUT2D eigenvalue weighted by Crippen LogP contribution is -3.00. The van der Waals surface area contributed by atoms with E-state index in [4.69, 9.17) is 0 Å². The molecule has 0 fully saturated rings. The molecule has 5 N–H and O–H groups in total. The van der Waals surface area contributed by atoms with Crippen molar-refractivity contribution < 1.29 is 17.7 Å². The Bertz CT molecular complexity index is 7.61. The molecule has 0 radical (unpaired) electrons. The summed E-state index contributed by atoms with van der Waals surface area (Å²) >= 11 is 0. The molecule has 0 aromatic heterocycles. The van der Waals surface area contributed by atoms with Crippen LogP contribution >= 0.6 is 0 Å². The zero-order chi connectivity index (χ0) is 2.71. The third kappa shape index (κ3) is 466. The van der Waals surface area contributed by atoms with Crippen LogP contribution in [0.3, 0.4) is 0 Å². The Kier molecular flexibility index (Phi) is 112. The molecule has 0 atom stereocenters. The SMILES string of the molecule is C[NH2+]C.N.[Cl-]. The van der Waals surface area contributed by atoms with E-state index in [1.807, 2.05) is 19.4 Å². The number of hydrogen-bond acceptors (Lipinski definition) is 1. The molecule has 0 saturated heterocycles. The molecule has 0 bridgehead atoms. The summed E-state index contributed by atoms with van der Waals surface area (Å²) in [6, 6.07) is 0. The second-order valence-corrected chi connectivity index (χ2v) is 0.577. The third-order valence-electron chi connectivity index (χ3n) is 0. The first-order chi connectivity index (χ1) is 1.41. The second kappa shape index (κ2) is 29.6. The van der Waals surface area contributed by atoms with Crippen LogP contribution in [0.5, 0.6) is 0 Å². The third-order valence-corrected chi connectivity index (χ3v) is 0. The van der Waals surface area contributed by atoms with Gasteiger partial charge in [-0.15, -0.1) is 0 Å². The number of hydrogen-bond donors (Lipinski definition) is 2. The Labute approximate surface area is 38.9 Å². The summed E-state index contributed by atoms with van der Waals surface area (Å²) in [5.74, 6) is 0. The summed E-state index contributed by atoms with van der Waals surface area (Å²) in [5.41, 5.74) is 0. The van der Waals surface area contributed by atoms with Crippen LogP contribution in [0.15, 0.2) is 0 Å². The maximum atomic E-state index is 2.00. The minimum absolute atomic E-state index is 0. The average molecular weight is 98.6 g/mol. The molecule has 3 heteroatoms. The van der Waals surface area contributed by atoms with E-state index in [1.165, 1.54) is 0 Å². The Morgan fingerprint density at radius 2 is 1.20 bits per heavy atom. The van der Waals surface area contributed by atoms with Crippen molar-refractivity contribution in [2.75, 3.05) is 14.1 Å². The molecule has 0 aromatic rings. The molecule has 0 aliphatic heterocycles. The predicted octanol–water partition coefficient (Wildman–Crippen LogP) is -4.02. The number of quaternary nitrogens is 1. The van der Waals surface area contributed by atoms with Gasteiger partial charge >= 0.3 is 0 Å². The van der Waals surface area contributed by atoms with Gasteiger partial charge in [0.05, 0.1) is 14.1 Å². The van der Waals surface area contributed by atoms with Crippen LogP contribution in [0.25, 0.3) is 0 Å². The van der Waals surface area contributed by atoms with Crippen molar-refractivity contribution in [1.82, 2.24) is 6.15 Å². The van der Waals surface area contributed by atoms with E-state index < -0.39 is 0 Å². The molecule has 2 nitrogen and oxygen atoms in total. The molecule has 0 aliphatic carbocycles. The maximum absolute atomic E-state index is 2.00. The molecule has 0 saturated carbocycles. The Balaban J connectivity index is -0.0000000200. The van der Waals surface area contributed by atoms with Crippen LogP contribution < -0.4 is 23.9 Å². The largest absolute Gasteiger partial charge is 1.00 e. The zero-order valence-electron chi connectivity index (χ0n) is 3.66. The zero-order valence-corrected chi connectivity index (χ0v) is 4.42. The van der Waals surface area contributed by atoms with Gasteiger partial charge in [-0.3, -0.25) is 0 Å². The highest BCUT2D eigenvalue weighted by molar-refractivity contribution is 3.35. The minimum atomic E-state index is 0. The first-order valence-corrected chi connectivity index (χ1v) is 1.15. The van der Waals surface area contributed by atoms with Gasteiger partial charge in [0.25, 0.3) is 0 Å². The summed E-state index contributed by atoms with van der Waals surface area (Å²) in [4.78, 5) is 0. The van der Waals surface area contributed by atoms with Gasteiger partial charge in [0.2, 0.25) is 0 Å². The molecule has 0 amide bonds. The topological polar surface area (TPSA) is 51.6 Å². The highest BCUT2D eigenvalue weighted by Crippen LogP contribution is 0.586. The average Bonchev–Trinajstić information content (AvgIpc) is 0.918. The highest BCUT2D eigenvalue weighted by atomic mass is 35.5. The molecule has 0 spiro atoms. The predicted molar refractivity (Wildman–Crippen MR) is 18.8 cm³/mol. The number of halogens is 1. The molecule has 5 heavy (non-hydrogen) atoms. The second-order valence-electron chi connectivity index (χ2n) is 0.577. The van der Waals surface area contributed by atoms with Gasteiger partial charge in [0.15, 0.2) is 0 Å². The van der Waals surface area contributed by atoms with Gasteiger partial charge in [-0.2, -0.15) is 0 Å². The van der Waals surface area contributed by atoms with E-state index in [0.717, 1.165) is 0 Å². The smallest absolute Gasteiger partial charge is 0.0647 e. The van der Waals surface area contributed by atoms with Crippen molar-refractivity contribution >= 4 is 0 Å². The van der Waals surface area contributed by atoms with E-state index in [2.05, 4.69) is 0 Å². The monoisotopic (exact) mass is 98.1 g/mol. The van der Waals surface area contributed by atoms with Crippen LogP contribution in [0.2, 0.25) is 0 Å². The molecular formula is C2H11ClN2. The molecule has 0 unspecified atom stereocenters. The van der Waals surface area contributed by atoms with Crippen molar-refractivity contribution in [3.05, 3.63) is 0 Å². The van der Waals surface area contributed by atoms with Gasteiger partial charge in [-0.05, 0) is 0 Å². The van der Waals surface area contributed by atoms with Crippen molar-refractivity contribution in [1.29, 1.82) is 0 Å². The van der Waals surface area contributed by atoms with Gasteiger partial charge < -0.3 is 23.9 Å². The fourth-order valence-electron chi connectivity index (χ4n) is 0. The van der Waals surface area contributed by atoms with Gasteiger partial charge in [-0.1, -0.05) is 0 Å². The lowest BCUT2D eigenvalue weighted by Gasteiger charge is -1.57. The van der Waals surface area contributed by atoms with Gasteiger partial charge in [0, 0.05) is 0 Å². The van der Waals surface area contributed by atoms with Crippen molar-refractivity contribution in [3.8, 4) is 0 Å². The van der Waals surface area contributed by atoms with E-state index in [9.17, 15) is 0 Å². The van der Waals surface area contributed by atoms with Crippen LogP contribution in [-0.4, -0.2) is 14.1 Å². The Morgan fingerprint density at radius 3 is 1.20 bits per heavy atom. The van der Waals surface area contributed by atoms with Crippen LogP contribution in [-0.2, 0) is 0 Å². The lowest BCUT2D eigenvalue weighted by molar-refractivity contribution is -0.597. The van der Waals surface area contributed by atoms with Crippen LogP contribution in [0.4, 0.5) is 0 Å². The van der Waals surface area contributed by atoms with Gasteiger partial charge in [-0.25, -0.2) is 0 Å². The molecule has 0 aliphatic rings. The lowest BCUT2D eigenvalue weighted by atomic mass is 11.3. The van der Waals surface area contributed by atoms with E-state index in [1.54, 1.807) is 0 Å². The highest BCUT2D eigenvalue weighted by Gasteiger charge is 1.29. The Hall–Kier alpha value is 0.210. The van der Waals surface area contributed by atoms with E-state index in [0.29, 0.717) is 0 Å². The summed E-state index contributed by atoms with van der Waals surface area (Å²) in [5, 5.41) is 2.00. The first-order valence-electron chi connectivity index (χ1n) is 1.15. The van der Waals surface area contributed by atoms with E-state index >= 15 is 0 Å². The normalized spacial score (nSPS) is 3.60. The molecule has 0 rings (SSSR count). The first kappa shape index (κ1) is 18.9. The standard InChI is InChI=1S/C2H7N.ClH.H3N/c1-3-2;;/h3H,1-2H3;1H;1H3. The minimum Gasteiger partial charge on any atom is -1.00 e. The van der Waals surface area contributed by atoms with Crippen LogP contribution in [0.1, 0.15) is 0 Å². The molecular weight excluding hydrogens is 87.5 g/mol. The molecule has 0 heterocycles. The van der Waals surface area contributed by atoms with Crippen molar-refractivity contribution in [3.63, 3.8) is 0 Å². The number of rotatable bonds is 0. The van der Waals surface area contributed by atoms with Crippen molar-refractivity contribution in [2.45, 2.75) is 0 Å². The summed E-state index contributed by atoms with van der Waals surface area (Å²) < 4.78 is 0. The Morgan fingerprint density at radius 1 is 1.20 bits per heavy atom. The fraction of sp³-hybridized carbons (Fsp3) is 1.00. The maximum Gasteiger partial charge on any atom is 0.0647 e. The summed E-state index contributed by atoms with van der Waals surface area (Å²) in [7, 11) is 4.00. The quantitative estimate of drug-likeness (QED) is 0.319. The molecule has 36 valence electrons. The van der Waals surface area contributed by atoms with Crippen LogP contribution in [0, 0.1) is 0 Å².